The van der Waals surface area contributed by atoms with Gasteiger partial charge in [-0.05, 0) is 23.7 Å². The minimum Gasteiger partial charge on any atom is -0.338 e. The van der Waals surface area contributed by atoms with Gasteiger partial charge >= 0.3 is 0 Å². The summed E-state index contributed by atoms with van der Waals surface area (Å²) in [4.78, 5) is 0. The molecule has 1 aromatic carbocycles. The van der Waals surface area contributed by atoms with Crippen molar-refractivity contribution < 1.29 is 0 Å². The zero-order valence-corrected chi connectivity index (χ0v) is 10.6. The van der Waals surface area contributed by atoms with Gasteiger partial charge in [0.25, 0.3) is 0 Å². The topological polar surface area (TPSA) is 27.3 Å². The van der Waals surface area contributed by atoms with Gasteiger partial charge in [-0.15, -0.1) is 0 Å². The van der Waals surface area contributed by atoms with Gasteiger partial charge in [-0.25, -0.2) is 5.43 Å². The third-order valence-corrected chi connectivity index (χ3v) is 3.42. The Bertz CT molecular complexity index is 391. The van der Waals surface area contributed by atoms with E-state index in [-0.39, 0.29) is 5.66 Å². The van der Waals surface area contributed by atoms with Crippen LogP contribution in [0.3, 0.4) is 0 Å². The highest BCUT2D eigenvalue weighted by molar-refractivity contribution is 7.80. The van der Waals surface area contributed by atoms with Crippen LogP contribution in [0, 0.1) is 5.92 Å². The van der Waals surface area contributed by atoms with E-state index in [0.717, 1.165) is 5.11 Å². The molecule has 2 N–H and O–H groups in total. The lowest BCUT2D eigenvalue weighted by molar-refractivity contribution is 0.179. The molecule has 1 aliphatic rings. The minimum absolute atomic E-state index is 0.285. The Balaban J connectivity index is 2.43. The van der Waals surface area contributed by atoms with E-state index in [9.17, 15) is 0 Å². The highest BCUT2D eigenvalue weighted by Crippen LogP contribution is 2.30. The number of rotatable bonds is 2. The molecule has 1 fully saturated rings. The van der Waals surface area contributed by atoms with Crippen molar-refractivity contribution in [2.75, 3.05) is 7.05 Å². The summed E-state index contributed by atoms with van der Waals surface area (Å²) in [7, 11) is 1.93. The Morgan fingerprint density at radius 3 is 2.31 bits per heavy atom. The van der Waals surface area contributed by atoms with Gasteiger partial charge in [-0.2, -0.15) is 0 Å². The Morgan fingerprint density at radius 2 is 1.88 bits per heavy atom. The first-order valence-electron chi connectivity index (χ1n) is 5.45. The van der Waals surface area contributed by atoms with Crippen LogP contribution >= 0.6 is 12.2 Å². The van der Waals surface area contributed by atoms with Gasteiger partial charge in [0.1, 0.15) is 5.66 Å². The van der Waals surface area contributed by atoms with E-state index >= 15 is 0 Å². The Labute approximate surface area is 102 Å². The van der Waals surface area contributed by atoms with Crippen LogP contribution in [-0.2, 0) is 5.66 Å². The molecule has 0 amide bonds. The zero-order chi connectivity index (χ0) is 11.8. The third kappa shape index (κ3) is 1.68. The van der Waals surface area contributed by atoms with E-state index in [0.29, 0.717) is 5.92 Å². The second-order valence-electron chi connectivity index (χ2n) is 4.43. The molecular weight excluding hydrogens is 218 g/mol. The van der Waals surface area contributed by atoms with Crippen molar-refractivity contribution in [3.8, 4) is 0 Å². The second-order valence-corrected chi connectivity index (χ2v) is 4.82. The first kappa shape index (κ1) is 11.4. The van der Waals surface area contributed by atoms with E-state index in [2.05, 4.69) is 36.7 Å². The Kier molecular flexibility index (Phi) is 2.86. The lowest BCUT2D eigenvalue weighted by Gasteiger charge is -2.34. The predicted molar refractivity (Wildman–Crippen MR) is 69.6 cm³/mol. The molecule has 0 aromatic heterocycles. The largest absolute Gasteiger partial charge is 0.338 e. The van der Waals surface area contributed by atoms with Crippen LogP contribution in [0.25, 0.3) is 0 Å². The molecule has 1 heterocycles. The molecule has 1 atom stereocenters. The van der Waals surface area contributed by atoms with Gasteiger partial charge in [-0.3, -0.25) is 5.01 Å². The summed E-state index contributed by atoms with van der Waals surface area (Å²) in [6.45, 7) is 4.35. The Morgan fingerprint density at radius 1 is 1.25 bits per heavy atom. The first-order valence-corrected chi connectivity index (χ1v) is 5.86. The van der Waals surface area contributed by atoms with Crippen LogP contribution in [0.15, 0.2) is 30.3 Å². The molecule has 0 bridgehead atoms. The maximum Gasteiger partial charge on any atom is 0.185 e. The van der Waals surface area contributed by atoms with Gasteiger partial charge in [0.2, 0.25) is 0 Å². The van der Waals surface area contributed by atoms with Gasteiger partial charge < -0.3 is 5.32 Å². The second kappa shape index (κ2) is 4.03. The fourth-order valence-electron chi connectivity index (χ4n) is 2.04. The number of benzene rings is 1. The molecule has 0 aliphatic carbocycles. The summed E-state index contributed by atoms with van der Waals surface area (Å²) in [5.74, 6) is 0.387. The standard InChI is InChI=1S/C12H17N3S/c1-9(2)12(10-7-5-4-6-8-10)13-11(16)15(3)14-12/h4-9,14H,1-3H3,(H,13,16). The third-order valence-electron chi connectivity index (χ3n) is 3.05. The van der Waals surface area contributed by atoms with E-state index in [1.54, 1.807) is 0 Å². The quantitative estimate of drug-likeness (QED) is 0.765. The van der Waals surface area contributed by atoms with Gasteiger partial charge in [0.15, 0.2) is 5.11 Å². The van der Waals surface area contributed by atoms with E-state index < -0.39 is 0 Å². The molecule has 0 saturated carbocycles. The molecule has 0 radical (unpaired) electrons. The molecule has 0 spiro atoms. The number of hydrazine groups is 1. The molecule has 1 aromatic rings. The number of hydrogen-bond donors (Lipinski definition) is 2. The number of hydrogen-bond acceptors (Lipinski definition) is 2. The summed E-state index contributed by atoms with van der Waals surface area (Å²) in [5.41, 5.74) is 4.33. The van der Waals surface area contributed by atoms with Gasteiger partial charge in [0, 0.05) is 7.05 Å². The van der Waals surface area contributed by atoms with E-state index in [4.69, 9.17) is 12.2 Å². The maximum absolute atomic E-state index is 5.26. The number of nitrogens with zero attached hydrogens (tertiary/aromatic N) is 1. The van der Waals surface area contributed by atoms with Crippen molar-refractivity contribution in [3.63, 3.8) is 0 Å². The highest BCUT2D eigenvalue weighted by Gasteiger charge is 2.42. The normalized spacial score (nSPS) is 25.0. The fraction of sp³-hybridized carbons (Fsp3) is 0.417. The van der Waals surface area contributed by atoms with Crippen molar-refractivity contribution in [1.82, 2.24) is 15.8 Å². The van der Waals surface area contributed by atoms with Gasteiger partial charge in [-0.1, -0.05) is 44.2 Å². The molecule has 1 aliphatic heterocycles. The van der Waals surface area contributed by atoms with Crippen molar-refractivity contribution in [3.05, 3.63) is 35.9 Å². The summed E-state index contributed by atoms with van der Waals surface area (Å²) in [6, 6.07) is 10.3. The molecule has 16 heavy (non-hydrogen) atoms. The van der Waals surface area contributed by atoms with Crippen LogP contribution < -0.4 is 10.7 Å². The van der Waals surface area contributed by atoms with Crippen LogP contribution in [0.2, 0.25) is 0 Å². The van der Waals surface area contributed by atoms with Crippen LogP contribution in [0.5, 0.6) is 0 Å². The lowest BCUT2D eigenvalue weighted by Crippen LogP contribution is -2.51. The minimum atomic E-state index is -0.285. The van der Waals surface area contributed by atoms with Crippen LogP contribution in [0.4, 0.5) is 0 Å². The molecule has 1 unspecified atom stereocenters. The summed E-state index contributed by atoms with van der Waals surface area (Å²) in [5, 5.41) is 5.98. The first-order chi connectivity index (χ1) is 7.56. The van der Waals surface area contributed by atoms with Crippen molar-refractivity contribution >= 4 is 17.3 Å². The molecule has 3 nitrogen and oxygen atoms in total. The fourth-order valence-corrected chi connectivity index (χ4v) is 2.25. The molecule has 86 valence electrons. The molecule has 4 heteroatoms. The highest BCUT2D eigenvalue weighted by atomic mass is 32.1. The average molecular weight is 235 g/mol. The van der Waals surface area contributed by atoms with Crippen molar-refractivity contribution in [2.24, 2.45) is 5.92 Å². The maximum atomic E-state index is 5.26. The summed E-state index contributed by atoms with van der Waals surface area (Å²) in [6.07, 6.45) is 0. The molecule has 2 rings (SSSR count). The monoisotopic (exact) mass is 235 g/mol. The SMILES string of the molecule is CC(C)C1(c2ccccc2)NC(=S)N(C)N1. The summed E-state index contributed by atoms with van der Waals surface area (Å²) < 4.78 is 0. The lowest BCUT2D eigenvalue weighted by atomic mass is 9.89. The predicted octanol–water partition coefficient (Wildman–Crippen LogP) is 1.82. The van der Waals surface area contributed by atoms with Crippen LogP contribution in [0.1, 0.15) is 19.4 Å². The molecule has 1 saturated heterocycles. The zero-order valence-electron chi connectivity index (χ0n) is 9.82. The smallest absolute Gasteiger partial charge is 0.185 e. The molecular formula is C12H17N3S. The number of nitrogens with one attached hydrogen (secondary N) is 2. The van der Waals surface area contributed by atoms with E-state index in [1.807, 2.05) is 30.3 Å². The number of thiocarbonyl (C=S) groups is 1. The summed E-state index contributed by atoms with van der Waals surface area (Å²) >= 11 is 5.26. The van der Waals surface area contributed by atoms with Crippen LogP contribution in [-0.4, -0.2) is 17.2 Å². The van der Waals surface area contributed by atoms with Gasteiger partial charge in [0.05, 0.1) is 0 Å². The average Bonchev–Trinajstić information content (AvgIpc) is 2.58. The Hall–Kier alpha value is -1.13. The van der Waals surface area contributed by atoms with E-state index in [1.165, 1.54) is 5.56 Å². The van der Waals surface area contributed by atoms with Crippen molar-refractivity contribution in [2.45, 2.75) is 19.5 Å². The van der Waals surface area contributed by atoms with Crippen molar-refractivity contribution in [1.29, 1.82) is 0 Å².